The zero-order valence-electron chi connectivity index (χ0n) is 8.65. The van der Waals surface area contributed by atoms with Crippen molar-refractivity contribution >= 4 is 17.6 Å². The van der Waals surface area contributed by atoms with Crippen molar-refractivity contribution in [3.8, 4) is 0 Å². The lowest BCUT2D eigenvalue weighted by molar-refractivity contribution is -0.157. The van der Waals surface area contributed by atoms with Gasteiger partial charge in [0.25, 0.3) is 0 Å². The molecule has 0 fully saturated rings. The number of hydrogen-bond acceptors (Lipinski definition) is 3. The molecule has 1 aromatic carbocycles. The Morgan fingerprint density at radius 1 is 1.50 bits per heavy atom. The molecule has 0 spiro atoms. The Hall–Kier alpha value is -1.88. The lowest BCUT2D eigenvalue weighted by atomic mass is 9.94. The number of nitrogens with one attached hydrogen (secondary N) is 1. The maximum Gasteiger partial charge on any atom is 0.340 e. The lowest BCUT2D eigenvalue weighted by Gasteiger charge is -2.18. The number of carbonyl (C=O) groups excluding carboxylic acids is 1. The summed E-state index contributed by atoms with van der Waals surface area (Å²) in [5.74, 6) is -1.44. The van der Waals surface area contributed by atoms with Crippen molar-refractivity contribution in [3.63, 3.8) is 0 Å². The SMILES string of the molecule is C[C@@](O)(C(=O)O)c1ccc2c(c1)CC(=O)N2. The minimum absolute atomic E-state index is 0.123. The molecular formula is C11H11NO4. The van der Waals surface area contributed by atoms with Gasteiger partial charge in [0.05, 0.1) is 6.42 Å². The number of aliphatic hydroxyl groups is 1. The minimum Gasteiger partial charge on any atom is -0.479 e. The van der Waals surface area contributed by atoms with E-state index in [2.05, 4.69) is 5.32 Å². The van der Waals surface area contributed by atoms with Gasteiger partial charge >= 0.3 is 5.97 Å². The topological polar surface area (TPSA) is 86.6 Å². The zero-order valence-corrected chi connectivity index (χ0v) is 8.65. The molecule has 0 bridgehead atoms. The van der Waals surface area contributed by atoms with Gasteiger partial charge in [0.2, 0.25) is 5.91 Å². The molecular weight excluding hydrogens is 210 g/mol. The predicted molar refractivity (Wildman–Crippen MR) is 56.0 cm³/mol. The van der Waals surface area contributed by atoms with Crippen LogP contribution >= 0.6 is 0 Å². The predicted octanol–water partition coefficient (Wildman–Crippen LogP) is 0.473. The van der Waals surface area contributed by atoms with Gasteiger partial charge in [-0.05, 0) is 30.2 Å². The second-order valence-electron chi connectivity index (χ2n) is 3.97. The van der Waals surface area contributed by atoms with Gasteiger partial charge in [-0.15, -0.1) is 0 Å². The molecule has 1 aromatic rings. The number of carbonyl (C=O) groups is 2. The molecule has 1 atom stereocenters. The maximum atomic E-state index is 11.1. The van der Waals surface area contributed by atoms with Gasteiger partial charge in [-0.2, -0.15) is 0 Å². The number of rotatable bonds is 2. The van der Waals surface area contributed by atoms with Crippen LogP contribution in [0.25, 0.3) is 0 Å². The summed E-state index contributed by atoms with van der Waals surface area (Å²) >= 11 is 0. The third-order valence-corrected chi connectivity index (χ3v) is 2.71. The quantitative estimate of drug-likeness (QED) is 0.677. The Kier molecular flexibility index (Phi) is 2.20. The third kappa shape index (κ3) is 1.55. The van der Waals surface area contributed by atoms with Gasteiger partial charge in [-0.3, -0.25) is 4.79 Å². The van der Waals surface area contributed by atoms with E-state index in [-0.39, 0.29) is 17.9 Å². The first kappa shape index (κ1) is 10.6. The van der Waals surface area contributed by atoms with E-state index in [1.54, 1.807) is 12.1 Å². The van der Waals surface area contributed by atoms with Crippen molar-refractivity contribution in [1.82, 2.24) is 0 Å². The number of benzene rings is 1. The monoisotopic (exact) mass is 221 g/mol. The number of carboxylic acid groups (broad SMARTS) is 1. The summed E-state index contributed by atoms with van der Waals surface area (Å²) in [4.78, 5) is 22.0. The van der Waals surface area contributed by atoms with E-state index >= 15 is 0 Å². The van der Waals surface area contributed by atoms with Crippen LogP contribution in [0.5, 0.6) is 0 Å². The Morgan fingerprint density at radius 3 is 2.81 bits per heavy atom. The summed E-state index contributed by atoms with van der Waals surface area (Å²) < 4.78 is 0. The highest BCUT2D eigenvalue weighted by molar-refractivity contribution is 5.99. The summed E-state index contributed by atoms with van der Waals surface area (Å²) in [7, 11) is 0. The molecule has 84 valence electrons. The molecule has 5 heteroatoms. The second kappa shape index (κ2) is 3.31. The van der Waals surface area contributed by atoms with Crippen molar-refractivity contribution in [3.05, 3.63) is 29.3 Å². The first-order valence-corrected chi connectivity index (χ1v) is 4.80. The van der Waals surface area contributed by atoms with Crippen LogP contribution in [0, 0.1) is 0 Å². The fourth-order valence-corrected chi connectivity index (χ4v) is 1.66. The Balaban J connectivity index is 2.43. The second-order valence-corrected chi connectivity index (χ2v) is 3.97. The van der Waals surface area contributed by atoms with Crippen LogP contribution in [0.4, 0.5) is 5.69 Å². The van der Waals surface area contributed by atoms with Gasteiger partial charge in [0.15, 0.2) is 5.60 Å². The molecule has 16 heavy (non-hydrogen) atoms. The smallest absolute Gasteiger partial charge is 0.340 e. The minimum atomic E-state index is -1.93. The summed E-state index contributed by atoms with van der Waals surface area (Å²) in [5.41, 5.74) is -0.269. The van der Waals surface area contributed by atoms with Crippen molar-refractivity contribution in [2.24, 2.45) is 0 Å². The summed E-state index contributed by atoms with van der Waals surface area (Å²) in [6, 6.07) is 4.65. The number of amides is 1. The average molecular weight is 221 g/mol. The molecule has 0 aliphatic carbocycles. The zero-order chi connectivity index (χ0) is 11.9. The summed E-state index contributed by atoms with van der Waals surface area (Å²) in [5, 5.41) is 21.3. The van der Waals surface area contributed by atoms with Crippen LogP contribution in [0.15, 0.2) is 18.2 Å². The molecule has 1 amide bonds. The van der Waals surface area contributed by atoms with E-state index < -0.39 is 11.6 Å². The van der Waals surface area contributed by atoms with E-state index in [0.29, 0.717) is 11.3 Å². The Bertz CT molecular complexity index is 479. The number of aliphatic carboxylic acids is 1. The molecule has 2 rings (SSSR count). The first-order chi connectivity index (χ1) is 7.41. The number of anilines is 1. The number of carboxylic acids is 1. The van der Waals surface area contributed by atoms with Gasteiger partial charge in [-0.1, -0.05) is 6.07 Å². The highest BCUT2D eigenvalue weighted by atomic mass is 16.4. The fraction of sp³-hybridized carbons (Fsp3) is 0.273. The molecule has 1 aliphatic rings. The third-order valence-electron chi connectivity index (χ3n) is 2.71. The Morgan fingerprint density at radius 2 is 2.19 bits per heavy atom. The van der Waals surface area contributed by atoms with Crippen LogP contribution in [0.3, 0.4) is 0 Å². The highest BCUT2D eigenvalue weighted by Gasteiger charge is 2.33. The van der Waals surface area contributed by atoms with Crippen molar-refractivity contribution in [2.45, 2.75) is 18.9 Å². The summed E-state index contributed by atoms with van der Waals surface area (Å²) in [6.07, 6.45) is 0.221. The van der Waals surface area contributed by atoms with Crippen molar-refractivity contribution in [1.29, 1.82) is 0 Å². The van der Waals surface area contributed by atoms with Gasteiger partial charge < -0.3 is 15.5 Å². The molecule has 1 heterocycles. The maximum absolute atomic E-state index is 11.1. The lowest BCUT2D eigenvalue weighted by Crippen LogP contribution is -2.31. The molecule has 0 radical (unpaired) electrons. The van der Waals surface area contributed by atoms with Crippen LogP contribution in [-0.2, 0) is 21.6 Å². The number of hydrogen-bond donors (Lipinski definition) is 3. The van der Waals surface area contributed by atoms with E-state index in [4.69, 9.17) is 5.11 Å². The number of fused-ring (bicyclic) bond motifs is 1. The Labute approximate surface area is 91.7 Å². The highest BCUT2D eigenvalue weighted by Crippen LogP contribution is 2.29. The van der Waals surface area contributed by atoms with Crippen molar-refractivity contribution < 1.29 is 19.8 Å². The largest absolute Gasteiger partial charge is 0.479 e. The van der Waals surface area contributed by atoms with E-state index in [1.807, 2.05) is 0 Å². The van der Waals surface area contributed by atoms with Crippen molar-refractivity contribution in [2.75, 3.05) is 5.32 Å². The van der Waals surface area contributed by atoms with E-state index in [0.717, 1.165) is 0 Å². The fourth-order valence-electron chi connectivity index (χ4n) is 1.66. The molecule has 0 saturated carbocycles. The van der Waals surface area contributed by atoms with Crippen LogP contribution in [-0.4, -0.2) is 22.1 Å². The molecule has 0 saturated heterocycles. The molecule has 5 nitrogen and oxygen atoms in total. The molecule has 3 N–H and O–H groups in total. The van der Waals surface area contributed by atoms with Crippen LogP contribution in [0.2, 0.25) is 0 Å². The van der Waals surface area contributed by atoms with Gasteiger partial charge in [0.1, 0.15) is 0 Å². The van der Waals surface area contributed by atoms with Gasteiger partial charge in [0, 0.05) is 5.69 Å². The first-order valence-electron chi connectivity index (χ1n) is 4.80. The molecule has 0 aromatic heterocycles. The van der Waals surface area contributed by atoms with E-state index in [1.165, 1.54) is 13.0 Å². The van der Waals surface area contributed by atoms with Crippen LogP contribution in [0.1, 0.15) is 18.1 Å². The molecule has 0 unspecified atom stereocenters. The standard InChI is InChI=1S/C11H11NO4/c1-11(16,10(14)15)7-2-3-8-6(4-7)5-9(13)12-8/h2-4,16H,5H2,1H3,(H,12,13)(H,14,15)/t11-/m0/s1. The van der Waals surface area contributed by atoms with E-state index in [9.17, 15) is 14.7 Å². The van der Waals surface area contributed by atoms with Gasteiger partial charge in [-0.25, -0.2) is 4.79 Å². The molecule has 1 aliphatic heterocycles. The summed E-state index contributed by atoms with van der Waals surface area (Å²) in [6.45, 7) is 1.21. The normalized spacial score (nSPS) is 17.5. The van der Waals surface area contributed by atoms with Crippen LogP contribution < -0.4 is 5.32 Å². The average Bonchev–Trinajstić information content (AvgIpc) is 2.56.